The minimum atomic E-state index is -0.907. The molecule has 3 atom stereocenters. The molecule has 0 bridgehead atoms. The van der Waals surface area contributed by atoms with E-state index in [0.29, 0.717) is 17.2 Å². The summed E-state index contributed by atoms with van der Waals surface area (Å²) in [5.41, 5.74) is 0.864. The summed E-state index contributed by atoms with van der Waals surface area (Å²) in [5, 5.41) is 10.7. The molecular formula is C25H26ClNO3. The van der Waals surface area contributed by atoms with Gasteiger partial charge in [-0.1, -0.05) is 55.3 Å². The number of aryl methyl sites for hydroxylation is 1. The Hall–Kier alpha value is -2.72. The molecular weight excluding hydrogens is 398 g/mol. The van der Waals surface area contributed by atoms with E-state index in [0.717, 1.165) is 5.56 Å². The number of carboxylic acid groups (broad SMARTS) is 1. The average molecular weight is 424 g/mol. The Balaban J connectivity index is 1.82. The van der Waals surface area contributed by atoms with Crippen LogP contribution in [-0.4, -0.2) is 21.2 Å². The van der Waals surface area contributed by atoms with Gasteiger partial charge in [0, 0.05) is 22.8 Å². The fourth-order valence-electron chi connectivity index (χ4n) is 4.92. The van der Waals surface area contributed by atoms with Gasteiger partial charge in [0.15, 0.2) is 0 Å². The number of hydrogen-bond acceptors (Lipinski definition) is 2. The highest BCUT2D eigenvalue weighted by Crippen LogP contribution is 2.69. The quantitative estimate of drug-likeness (QED) is 0.523. The summed E-state index contributed by atoms with van der Waals surface area (Å²) in [6, 6.07) is 19.2. The maximum atomic E-state index is 12.3. The van der Waals surface area contributed by atoms with E-state index in [2.05, 4.69) is 29.7 Å². The summed E-state index contributed by atoms with van der Waals surface area (Å²) in [7, 11) is 0. The first-order chi connectivity index (χ1) is 14.3. The molecule has 2 aromatic carbocycles. The normalized spacial score (nSPS) is 23.0. The summed E-state index contributed by atoms with van der Waals surface area (Å²) in [5.74, 6) is -0.856. The van der Waals surface area contributed by atoms with Crippen LogP contribution < -0.4 is 4.74 Å². The fraction of sp³-hybridized carbons (Fsp3) is 0.320. The van der Waals surface area contributed by atoms with Crippen molar-refractivity contribution in [3.63, 3.8) is 0 Å². The van der Waals surface area contributed by atoms with Crippen LogP contribution in [0.1, 0.15) is 31.0 Å². The van der Waals surface area contributed by atoms with Gasteiger partial charge in [0.1, 0.15) is 17.3 Å². The Morgan fingerprint density at radius 2 is 1.80 bits per heavy atom. The smallest absolute Gasteiger partial charge is 0.311 e. The van der Waals surface area contributed by atoms with Crippen LogP contribution in [0.3, 0.4) is 0 Å². The molecule has 1 N–H and O–H groups in total. The van der Waals surface area contributed by atoms with E-state index in [1.54, 1.807) is 24.3 Å². The summed E-state index contributed by atoms with van der Waals surface area (Å²) in [6.45, 7) is 6.03. The Morgan fingerprint density at radius 3 is 2.37 bits per heavy atom. The predicted octanol–water partition coefficient (Wildman–Crippen LogP) is 5.79. The molecule has 3 aromatic rings. The zero-order chi connectivity index (χ0) is 21.5. The van der Waals surface area contributed by atoms with E-state index in [-0.39, 0.29) is 6.04 Å². The van der Waals surface area contributed by atoms with Crippen molar-refractivity contribution in [2.24, 2.45) is 11.3 Å². The molecule has 0 radical (unpaired) electrons. The van der Waals surface area contributed by atoms with E-state index in [1.807, 2.05) is 44.4 Å². The molecule has 1 aromatic heterocycles. The third kappa shape index (κ3) is 3.39. The first kappa shape index (κ1) is 20.5. The molecule has 3 unspecified atom stereocenters. The number of halogens is 1. The van der Waals surface area contributed by atoms with Crippen molar-refractivity contribution in [1.82, 2.24) is 4.57 Å². The molecule has 4 rings (SSSR count). The standard InChI is InChI=1S/C25H26ClNO3/c1-17-7-6-8-18(15-17)16-21(27-13-4-5-14-27)25(22(23(28)29)24(25,2)3)30-20-11-9-19(26)10-12-20/h4-15,21-22H,16H2,1-3H3,(H,28,29). The van der Waals surface area contributed by atoms with Crippen LogP contribution in [0.5, 0.6) is 5.75 Å². The van der Waals surface area contributed by atoms with Crippen molar-refractivity contribution in [2.75, 3.05) is 0 Å². The van der Waals surface area contributed by atoms with Gasteiger partial charge in [-0.2, -0.15) is 0 Å². The third-order valence-corrected chi connectivity index (χ3v) is 6.67. The number of aliphatic carboxylic acids is 1. The zero-order valence-electron chi connectivity index (χ0n) is 17.4. The number of ether oxygens (including phenoxy) is 1. The van der Waals surface area contributed by atoms with Crippen LogP contribution in [0.2, 0.25) is 5.02 Å². The number of carboxylic acids is 1. The van der Waals surface area contributed by atoms with Gasteiger partial charge in [-0.05, 0) is 55.3 Å². The summed E-state index contributed by atoms with van der Waals surface area (Å²) >= 11 is 6.05. The number of nitrogens with zero attached hydrogens (tertiary/aromatic N) is 1. The lowest BCUT2D eigenvalue weighted by Crippen LogP contribution is -2.39. The molecule has 1 aliphatic carbocycles. The lowest BCUT2D eigenvalue weighted by atomic mass is 9.92. The number of rotatable bonds is 7. The Kier molecular flexibility index (Phi) is 5.15. The molecule has 30 heavy (non-hydrogen) atoms. The van der Waals surface area contributed by atoms with Gasteiger partial charge >= 0.3 is 5.97 Å². The molecule has 5 heteroatoms. The minimum Gasteiger partial charge on any atom is -0.484 e. The molecule has 1 aliphatic rings. The lowest BCUT2D eigenvalue weighted by Gasteiger charge is -2.33. The van der Waals surface area contributed by atoms with Crippen LogP contribution in [0.15, 0.2) is 73.1 Å². The van der Waals surface area contributed by atoms with Crippen LogP contribution in [0, 0.1) is 18.3 Å². The van der Waals surface area contributed by atoms with E-state index in [1.165, 1.54) is 5.56 Å². The van der Waals surface area contributed by atoms with Crippen molar-refractivity contribution < 1.29 is 14.6 Å². The second kappa shape index (κ2) is 7.51. The van der Waals surface area contributed by atoms with Crippen LogP contribution in [0.25, 0.3) is 0 Å². The van der Waals surface area contributed by atoms with Gasteiger partial charge in [-0.15, -0.1) is 0 Å². The minimum absolute atomic E-state index is 0.193. The van der Waals surface area contributed by atoms with Crippen molar-refractivity contribution in [2.45, 2.75) is 38.8 Å². The highest BCUT2D eigenvalue weighted by molar-refractivity contribution is 6.30. The largest absolute Gasteiger partial charge is 0.484 e. The topological polar surface area (TPSA) is 51.5 Å². The Bertz CT molecular complexity index is 1040. The Morgan fingerprint density at radius 1 is 1.13 bits per heavy atom. The van der Waals surface area contributed by atoms with Gasteiger partial charge in [0.05, 0.1) is 6.04 Å². The van der Waals surface area contributed by atoms with Gasteiger partial charge in [-0.3, -0.25) is 4.79 Å². The zero-order valence-corrected chi connectivity index (χ0v) is 18.1. The number of benzene rings is 2. The number of hydrogen-bond donors (Lipinski definition) is 1. The van der Waals surface area contributed by atoms with Gasteiger partial charge in [0.2, 0.25) is 0 Å². The van der Waals surface area contributed by atoms with Crippen molar-refractivity contribution in [3.8, 4) is 5.75 Å². The van der Waals surface area contributed by atoms with E-state index in [9.17, 15) is 9.90 Å². The molecule has 1 saturated carbocycles. The highest BCUT2D eigenvalue weighted by atomic mass is 35.5. The maximum absolute atomic E-state index is 12.3. The molecule has 1 heterocycles. The third-order valence-electron chi connectivity index (χ3n) is 6.42. The van der Waals surface area contributed by atoms with Gasteiger partial charge < -0.3 is 14.4 Å². The first-order valence-electron chi connectivity index (χ1n) is 10.1. The first-order valence-corrected chi connectivity index (χ1v) is 10.5. The van der Waals surface area contributed by atoms with E-state index in [4.69, 9.17) is 16.3 Å². The molecule has 0 spiro atoms. The van der Waals surface area contributed by atoms with E-state index < -0.39 is 22.9 Å². The number of aromatic nitrogens is 1. The molecule has 156 valence electrons. The lowest BCUT2D eigenvalue weighted by molar-refractivity contribution is -0.140. The highest BCUT2D eigenvalue weighted by Gasteiger charge is 2.80. The summed E-state index contributed by atoms with van der Waals surface area (Å²) in [6.07, 6.45) is 4.64. The summed E-state index contributed by atoms with van der Waals surface area (Å²) in [4.78, 5) is 12.3. The van der Waals surface area contributed by atoms with Crippen LogP contribution >= 0.6 is 11.6 Å². The molecule has 0 saturated heterocycles. The molecule has 0 amide bonds. The monoisotopic (exact) mass is 423 g/mol. The second-order valence-electron chi connectivity index (χ2n) is 8.68. The SMILES string of the molecule is Cc1cccc(CC(n2cccc2)C2(Oc3ccc(Cl)cc3)C(C(=O)O)C2(C)C)c1. The predicted molar refractivity (Wildman–Crippen MR) is 118 cm³/mol. The summed E-state index contributed by atoms with van der Waals surface area (Å²) < 4.78 is 8.67. The average Bonchev–Trinajstić information content (AvgIpc) is 3.02. The van der Waals surface area contributed by atoms with Gasteiger partial charge in [-0.25, -0.2) is 0 Å². The van der Waals surface area contributed by atoms with Crippen molar-refractivity contribution in [3.05, 3.63) is 89.2 Å². The number of carbonyl (C=O) groups is 1. The fourth-order valence-corrected chi connectivity index (χ4v) is 5.05. The molecule has 4 nitrogen and oxygen atoms in total. The van der Waals surface area contributed by atoms with Gasteiger partial charge in [0.25, 0.3) is 0 Å². The second-order valence-corrected chi connectivity index (χ2v) is 9.12. The molecule has 0 aliphatic heterocycles. The molecule has 1 fully saturated rings. The van der Waals surface area contributed by atoms with Crippen molar-refractivity contribution in [1.29, 1.82) is 0 Å². The van der Waals surface area contributed by atoms with Crippen LogP contribution in [0.4, 0.5) is 0 Å². The Labute approximate surface area is 182 Å². The van der Waals surface area contributed by atoms with Crippen molar-refractivity contribution >= 4 is 17.6 Å². The van der Waals surface area contributed by atoms with E-state index >= 15 is 0 Å². The maximum Gasteiger partial charge on any atom is 0.311 e. The van der Waals surface area contributed by atoms with Crippen LogP contribution in [-0.2, 0) is 11.2 Å².